The molecule has 0 heterocycles. The third kappa shape index (κ3) is 3.69. The lowest BCUT2D eigenvalue weighted by Gasteiger charge is -2.20. The monoisotopic (exact) mass is 175 g/mol. The molecule has 4 heteroatoms. The summed E-state index contributed by atoms with van der Waals surface area (Å²) in [6.45, 7) is 4.86. The van der Waals surface area contributed by atoms with Gasteiger partial charge in [-0.1, -0.05) is 6.92 Å². The molecule has 0 spiro atoms. The van der Waals surface area contributed by atoms with E-state index in [0.29, 0.717) is 6.42 Å². The Morgan fingerprint density at radius 1 is 1.42 bits per heavy atom. The minimum atomic E-state index is -1.02. The highest BCUT2D eigenvalue weighted by Crippen LogP contribution is 1.98. The quantitative estimate of drug-likeness (QED) is 0.546. The van der Waals surface area contributed by atoms with Gasteiger partial charge in [0.25, 0.3) is 0 Å². The lowest BCUT2D eigenvalue weighted by atomic mass is 10.1. The Morgan fingerprint density at radius 3 is 2.17 bits per heavy atom. The SMILES string of the molecule is CCC(NC(=O)C(C)O)C(C)O. The summed E-state index contributed by atoms with van der Waals surface area (Å²) in [6.07, 6.45) is -0.952. The summed E-state index contributed by atoms with van der Waals surface area (Å²) in [5, 5.41) is 20.5. The molecule has 0 aliphatic rings. The second-order valence-corrected chi connectivity index (χ2v) is 2.94. The van der Waals surface area contributed by atoms with Gasteiger partial charge in [0.15, 0.2) is 0 Å². The molecule has 0 saturated heterocycles. The number of rotatable bonds is 4. The van der Waals surface area contributed by atoms with Gasteiger partial charge in [0.1, 0.15) is 6.10 Å². The highest BCUT2D eigenvalue weighted by molar-refractivity contribution is 5.80. The van der Waals surface area contributed by atoms with E-state index in [1.54, 1.807) is 6.92 Å². The maximum Gasteiger partial charge on any atom is 0.248 e. The van der Waals surface area contributed by atoms with Gasteiger partial charge < -0.3 is 15.5 Å². The van der Waals surface area contributed by atoms with Crippen LogP contribution in [0, 0.1) is 0 Å². The Balaban J connectivity index is 3.94. The number of hydrogen-bond donors (Lipinski definition) is 3. The first kappa shape index (κ1) is 11.4. The number of amides is 1. The molecule has 1 amide bonds. The highest BCUT2D eigenvalue weighted by atomic mass is 16.3. The number of nitrogens with one attached hydrogen (secondary N) is 1. The van der Waals surface area contributed by atoms with Gasteiger partial charge >= 0.3 is 0 Å². The van der Waals surface area contributed by atoms with Gasteiger partial charge in [-0.2, -0.15) is 0 Å². The molecule has 72 valence electrons. The standard InChI is InChI=1S/C8H17NO3/c1-4-7(5(2)10)9-8(12)6(3)11/h5-7,10-11H,4H2,1-3H3,(H,9,12). The van der Waals surface area contributed by atoms with E-state index >= 15 is 0 Å². The fraction of sp³-hybridized carbons (Fsp3) is 0.875. The average molecular weight is 175 g/mol. The minimum Gasteiger partial charge on any atom is -0.391 e. The van der Waals surface area contributed by atoms with Crippen LogP contribution in [0.3, 0.4) is 0 Å². The molecule has 0 aromatic heterocycles. The first-order chi connectivity index (χ1) is 5.49. The van der Waals surface area contributed by atoms with Crippen molar-refractivity contribution in [3.05, 3.63) is 0 Å². The molecule has 0 bridgehead atoms. The summed E-state index contributed by atoms with van der Waals surface area (Å²) in [4.78, 5) is 10.9. The van der Waals surface area contributed by atoms with Crippen molar-refractivity contribution in [3.8, 4) is 0 Å². The third-order valence-corrected chi connectivity index (χ3v) is 1.73. The van der Waals surface area contributed by atoms with Gasteiger partial charge in [0, 0.05) is 0 Å². The normalized spacial score (nSPS) is 18.1. The Kier molecular flexibility index (Phi) is 4.85. The van der Waals surface area contributed by atoms with Gasteiger partial charge in [0.05, 0.1) is 12.1 Å². The van der Waals surface area contributed by atoms with Gasteiger partial charge in [-0.05, 0) is 20.3 Å². The summed E-state index contributed by atoms with van der Waals surface area (Å²) in [6, 6.07) is -0.271. The molecular formula is C8H17NO3. The van der Waals surface area contributed by atoms with Crippen molar-refractivity contribution in [2.45, 2.75) is 45.4 Å². The molecule has 0 aliphatic carbocycles. The lowest BCUT2D eigenvalue weighted by molar-refractivity contribution is -0.130. The summed E-state index contributed by atoms with van der Waals surface area (Å²) in [5.74, 6) is -0.442. The van der Waals surface area contributed by atoms with Crippen molar-refractivity contribution in [3.63, 3.8) is 0 Å². The molecule has 0 rings (SSSR count). The molecule has 3 atom stereocenters. The summed E-state index contributed by atoms with van der Waals surface area (Å²) in [5.41, 5.74) is 0. The first-order valence-electron chi connectivity index (χ1n) is 4.15. The van der Waals surface area contributed by atoms with Gasteiger partial charge in [-0.25, -0.2) is 0 Å². The largest absolute Gasteiger partial charge is 0.391 e. The summed E-state index contributed by atoms with van der Waals surface area (Å²) < 4.78 is 0. The zero-order chi connectivity index (χ0) is 9.72. The van der Waals surface area contributed by atoms with Crippen LogP contribution in [0.15, 0.2) is 0 Å². The Morgan fingerprint density at radius 2 is 1.92 bits per heavy atom. The Bertz CT molecular complexity index is 145. The van der Waals surface area contributed by atoms with Crippen LogP contribution >= 0.6 is 0 Å². The number of carbonyl (C=O) groups excluding carboxylic acids is 1. The van der Waals surface area contributed by atoms with Crippen LogP contribution in [0.1, 0.15) is 27.2 Å². The zero-order valence-corrected chi connectivity index (χ0v) is 7.74. The van der Waals surface area contributed by atoms with Gasteiger partial charge in [-0.3, -0.25) is 4.79 Å². The fourth-order valence-electron chi connectivity index (χ4n) is 0.867. The average Bonchev–Trinajstić information content (AvgIpc) is 1.98. The molecule has 3 unspecified atom stereocenters. The minimum absolute atomic E-state index is 0.271. The van der Waals surface area contributed by atoms with Crippen LogP contribution in [-0.4, -0.2) is 34.4 Å². The molecule has 0 radical (unpaired) electrons. The van der Waals surface area contributed by atoms with Crippen LogP contribution in [0.4, 0.5) is 0 Å². The van der Waals surface area contributed by atoms with Crippen molar-refractivity contribution in [2.24, 2.45) is 0 Å². The summed E-state index contributed by atoms with van der Waals surface area (Å²) in [7, 11) is 0. The molecule has 0 aliphatic heterocycles. The van der Waals surface area contributed by atoms with E-state index in [-0.39, 0.29) is 6.04 Å². The first-order valence-corrected chi connectivity index (χ1v) is 4.15. The Hall–Kier alpha value is -0.610. The van der Waals surface area contributed by atoms with E-state index in [4.69, 9.17) is 10.2 Å². The maximum atomic E-state index is 10.9. The van der Waals surface area contributed by atoms with Crippen LogP contribution in [0.2, 0.25) is 0 Å². The van der Waals surface area contributed by atoms with E-state index in [1.807, 2.05) is 6.92 Å². The van der Waals surface area contributed by atoms with E-state index < -0.39 is 18.1 Å². The topological polar surface area (TPSA) is 69.6 Å². The smallest absolute Gasteiger partial charge is 0.248 e. The molecule has 12 heavy (non-hydrogen) atoms. The molecule has 0 aromatic rings. The van der Waals surface area contributed by atoms with Crippen molar-refractivity contribution >= 4 is 5.91 Å². The Labute approximate surface area is 72.6 Å². The predicted octanol–water partition coefficient (Wildman–Crippen LogP) is -0.357. The van der Waals surface area contributed by atoms with E-state index in [0.717, 1.165) is 0 Å². The molecule has 3 N–H and O–H groups in total. The van der Waals surface area contributed by atoms with E-state index in [9.17, 15) is 4.79 Å². The van der Waals surface area contributed by atoms with E-state index in [1.165, 1.54) is 6.92 Å². The van der Waals surface area contributed by atoms with Crippen molar-refractivity contribution in [1.82, 2.24) is 5.32 Å². The molecule has 4 nitrogen and oxygen atoms in total. The number of aliphatic hydroxyl groups excluding tert-OH is 2. The molecular weight excluding hydrogens is 158 g/mol. The highest BCUT2D eigenvalue weighted by Gasteiger charge is 2.17. The summed E-state index contributed by atoms with van der Waals surface area (Å²) >= 11 is 0. The number of hydrogen-bond acceptors (Lipinski definition) is 3. The van der Waals surface area contributed by atoms with E-state index in [2.05, 4.69) is 5.32 Å². The molecule has 0 fully saturated rings. The van der Waals surface area contributed by atoms with Gasteiger partial charge in [-0.15, -0.1) is 0 Å². The van der Waals surface area contributed by atoms with Crippen LogP contribution in [0.25, 0.3) is 0 Å². The van der Waals surface area contributed by atoms with Crippen molar-refractivity contribution in [1.29, 1.82) is 0 Å². The van der Waals surface area contributed by atoms with Gasteiger partial charge in [0.2, 0.25) is 5.91 Å². The maximum absolute atomic E-state index is 10.9. The van der Waals surface area contributed by atoms with Crippen LogP contribution < -0.4 is 5.32 Å². The second-order valence-electron chi connectivity index (χ2n) is 2.94. The zero-order valence-electron chi connectivity index (χ0n) is 7.74. The molecule has 0 saturated carbocycles. The second kappa shape index (κ2) is 5.11. The van der Waals surface area contributed by atoms with Crippen LogP contribution in [-0.2, 0) is 4.79 Å². The van der Waals surface area contributed by atoms with Crippen molar-refractivity contribution < 1.29 is 15.0 Å². The molecule has 0 aromatic carbocycles. The lowest BCUT2D eigenvalue weighted by Crippen LogP contribution is -2.45. The third-order valence-electron chi connectivity index (χ3n) is 1.73. The number of carbonyl (C=O) groups is 1. The fourth-order valence-corrected chi connectivity index (χ4v) is 0.867. The predicted molar refractivity (Wildman–Crippen MR) is 45.6 cm³/mol. The number of aliphatic hydroxyl groups is 2. The van der Waals surface area contributed by atoms with Crippen LogP contribution in [0.5, 0.6) is 0 Å². The van der Waals surface area contributed by atoms with Crippen molar-refractivity contribution in [2.75, 3.05) is 0 Å².